The average Bonchev–Trinajstić information content (AvgIpc) is 3.33. The van der Waals surface area contributed by atoms with Crippen molar-refractivity contribution in [2.45, 2.75) is 49.3 Å². The molecule has 0 atom stereocenters. The molecule has 2 aliphatic rings. The number of hydrogen-bond donors (Lipinski definition) is 0. The number of benzene rings is 2. The molecule has 0 amide bonds. The molecule has 0 N–H and O–H groups in total. The summed E-state index contributed by atoms with van der Waals surface area (Å²) in [4.78, 5) is 36.3. The van der Waals surface area contributed by atoms with E-state index in [-0.39, 0.29) is 11.1 Å². The molecule has 0 bridgehead atoms. The summed E-state index contributed by atoms with van der Waals surface area (Å²) in [7, 11) is 0. The van der Waals surface area contributed by atoms with Gasteiger partial charge in [-0.05, 0) is 48.6 Å². The first-order valence-corrected chi connectivity index (χ1v) is 13.1. The monoisotopic (exact) mass is 462 g/mol. The van der Waals surface area contributed by atoms with Gasteiger partial charge >= 0.3 is 0 Å². The lowest BCUT2D eigenvalue weighted by Gasteiger charge is -2.02. The molecule has 0 aliphatic carbocycles. The number of aromatic nitrogens is 2. The summed E-state index contributed by atoms with van der Waals surface area (Å²) in [6, 6.07) is 15.8. The Morgan fingerprint density at radius 3 is 1.34 bits per heavy atom. The Hall–Kier alpha value is -2.44. The van der Waals surface area contributed by atoms with Crippen LogP contribution in [0.3, 0.4) is 0 Å². The number of thioether (sulfide) groups is 2. The first-order valence-electron chi connectivity index (χ1n) is 11.1. The van der Waals surface area contributed by atoms with Crippen LogP contribution in [0, 0.1) is 10.4 Å². The van der Waals surface area contributed by atoms with Crippen LogP contribution in [0.4, 0.5) is 0 Å². The van der Waals surface area contributed by atoms with Gasteiger partial charge in [-0.2, -0.15) is 0 Å². The molecule has 0 saturated heterocycles. The van der Waals surface area contributed by atoms with E-state index in [2.05, 4.69) is 23.8 Å². The SMILES string of the molecule is CCCCSc1ccc(-c2nc(=O)c3c(-c4ccc(SCCCC)cc4)nc(=O)c2=3)cc1. The molecular formula is C26H26N2O2S2. The van der Waals surface area contributed by atoms with E-state index in [1.807, 2.05) is 72.1 Å². The van der Waals surface area contributed by atoms with Gasteiger partial charge in [0.25, 0.3) is 11.1 Å². The van der Waals surface area contributed by atoms with Gasteiger partial charge in [0.05, 0.1) is 21.8 Å². The van der Waals surface area contributed by atoms with Gasteiger partial charge in [-0.15, -0.1) is 23.5 Å². The number of hydrogen-bond acceptors (Lipinski definition) is 6. The van der Waals surface area contributed by atoms with Crippen LogP contribution in [0.25, 0.3) is 22.5 Å². The third-order valence-electron chi connectivity index (χ3n) is 5.37. The van der Waals surface area contributed by atoms with Crippen LogP contribution in [0.1, 0.15) is 39.5 Å². The van der Waals surface area contributed by atoms with E-state index in [9.17, 15) is 9.59 Å². The van der Waals surface area contributed by atoms with Crippen molar-refractivity contribution >= 4 is 23.5 Å². The molecule has 0 unspecified atom stereocenters. The number of rotatable bonds is 10. The summed E-state index contributed by atoms with van der Waals surface area (Å²) >= 11 is 3.62. The molecule has 32 heavy (non-hydrogen) atoms. The summed E-state index contributed by atoms with van der Waals surface area (Å²) in [5, 5.41) is 0.663. The Kier molecular flexibility index (Phi) is 7.43. The van der Waals surface area contributed by atoms with Crippen LogP contribution in [-0.2, 0) is 0 Å². The Labute approximate surface area is 196 Å². The van der Waals surface area contributed by atoms with Gasteiger partial charge in [0.15, 0.2) is 0 Å². The predicted octanol–water partition coefficient (Wildman–Crippen LogP) is 5.92. The Balaban J connectivity index is 1.67. The van der Waals surface area contributed by atoms with E-state index < -0.39 is 0 Å². The van der Waals surface area contributed by atoms with Crippen LogP contribution in [0.2, 0.25) is 0 Å². The van der Waals surface area contributed by atoms with Crippen LogP contribution in [-0.4, -0.2) is 21.5 Å². The molecule has 0 radical (unpaired) electrons. The summed E-state index contributed by atoms with van der Waals surface area (Å²) in [6.45, 7) is 4.36. The second-order valence-electron chi connectivity index (χ2n) is 7.73. The van der Waals surface area contributed by atoms with E-state index in [0.717, 1.165) is 22.6 Å². The molecule has 6 heteroatoms. The molecule has 0 aromatic heterocycles. The largest absolute Gasteiger partial charge is 0.280 e. The maximum Gasteiger partial charge on any atom is 0.280 e. The fourth-order valence-electron chi connectivity index (χ4n) is 3.58. The van der Waals surface area contributed by atoms with Crippen molar-refractivity contribution < 1.29 is 0 Å². The lowest BCUT2D eigenvalue weighted by Crippen LogP contribution is -2.04. The molecule has 2 heterocycles. The highest BCUT2D eigenvalue weighted by molar-refractivity contribution is 7.99. The lowest BCUT2D eigenvalue weighted by atomic mass is 10.1. The topological polar surface area (TPSA) is 59.9 Å². The molecule has 0 fully saturated rings. The fraction of sp³-hybridized carbons (Fsp3) is 0.308. The lowest BCUT2D eigenvalue weighted by molar-refractivity contribution is 0.896. The minimum Gasteiger partial charge on any atom is -0.267 e. The molecule has 2 aromatic carbocycles. The second-order valence-corrected chi connectivity index (χ2v) is 10.1. The van der Waals surface area contributed by atoms with Gasteiger partial charge in [-0.25, -0.2) is 9.97 Å². The highest BCUT2D eigenvalue weighted by Crippen LogP contribution is 2.27. The highest BCUT2D eigenvalue weighted by atomic mass is 32.2. The predicted molar refractivity (Wildman–Crippen MR) is 134 cm³/mol. The van der Waals surface area contributed by atoms with Crippen LogP contribution in [0.5, 0.6) is 0 Å². The summed E-state index contributed by atoms with van der Waals surface area (Å²) in [6.07, 6.45) is 4.70. The molecule has 164 valence electrons. The zero-order chi connectivity index (χ0) is 22.5. The summed E-state index contributed by atoms with van der Waals surface area (Å²) in [5.41, 5.74) is 1.65. The first kappa shape index (κ1) is 22.7. The van der Waals surface area contributed by atoms with E-state index >= 15 is 0 Å². The van der Waals surface area contributed by atoms with Crippen molar-refractivity contribution in [3.05, 3.63) is 79.7 Å². The quantitative estimate of drug-likeness (QED) is 0.215. The summed E-state index contributed by atoms with van der Waals surface area (Å²) in [5.74, 6) is 2.16. The average molecular weight is 463 g/mol. The van der Waals surface area contributed by atoms with Crippen molar-refractivity contribution in [2.24, 2.45) is 0 Å². The second kappa shape index (κ2) is 10.5. The maximum atomic E-state index is 12.8. The Bertz CT molecular complexity index is 1220. The van der Waals surface area contributed by atoms with E-state index in [4.69, 9.17) is 0 Å². The van der Waals surface area contributed by atoms with E-state index in [1.54, 1.807) is 0 Å². The zero-order valence-corrected chi connectivity index (χ0v) is 20.0. The van der Waals surface area contributed by atoms with Gasteiger partial charge in [0.2, 0.25) is 0 Å². The van der Waals surface area contributed by atoms with Gasteiger partial charge in [0.1, 0.15) is 0 Å². The van der Waals surface area contributed by atoms with Crippen LogP contribution >= 0.6 is 23.5 Å². The number of unbranched alkanes of at least 4 members (excludes halogenated alkanes) is 2. The maximum absolute atomic E-state index is 12.8. The molecule has 2 aliphatic heterocycles. The van der Waals surface area contributed by atoms with Gasteiger partial charge in [-0.3, -0.25) is 9.59 Å². The smallest absolute Gasteiger partial charge is 0.267 e. The molecular weight excluding hydrogens is 436 g/mol. The minimum absolute atomic E-state index is 0.331. The first-order chi connectivity index (χ1) is 15.6. The van der Waals surface area contributed by atoms with E-state index in [0.29, 0.717) is 21.8 Å². The third kappa shape index (κ3) is 4.81. The van der Waals surface area contributed by atoms with Gasteiger partial charge in [0, 0.05) is 20.9 Å². The molecule has 2 aromatic rings. The number of nitrogens with zero attached hydrogens (tertiary/aromatic N) is 2. The zero-order valence-electron chi connectivity index (χ0n) is 18.4. The molecule has 4 rings (SSSR count). The van der Waals surface area contributed by atoms with Crippen molar-refractivity contribution in [3.8, 4) is 22.5 Å². The van der Waals surface area contributed by atoms with Gasteiger partial charge in [-0.1, -0.05) is 51.0 Å². The molecule has 4 nitrogen and oxygen atoms in total. The molecule has 0 spiro atoms. The van der Waals surface area contributed by atoms with Crippen LogP contribution < -0.4 is 11.1 Å². The Morgan fingerprint density at radius 2 is 1.00 bits per heavy atom. The Morgan fingerprint density at radius 1 is 0.625 bits per heavy atom. The third-order valence-corrected chi connectivity index (χ3v) is 7.56. The normalized spacial score (nSPS) is 11.4. The van der Waals surface area contributed by atoms with Gasteiger partial charge < -0.3 is 0 Å². The van der Waals surface area contributed by atoms with Crippen LogP contribution in [0.15, 0.2) is 67.9 Å². The highest BCUT2D eigenvalue weighted by Gasteiger charge is 2.19. The summed E-state index contributed by atoms with van der Waals surface area (Å²) < 4.78 is 0. The van der Waals surface area contributed by atoms with Crippen molar-refractivity contribution in [1.82, 2.24) is 9.97 Å². The van der Waals surface area contributed by atoms with Crippen molar-refractivity contribution in [3.63, 3.8) is 0 Å². The molecule has 0 saturated carbocycles. The van der Waals surface area contributed by atoms with Crippen molar-refractivity contribution in [2.75, 3.05) is 11.5 Å². The standard InChI is InChI=1S/C26H26N2O2S2/c1-3-5-15-31-19-11-7-17(8-12-19)23-21-22(26(30)27-23)24(28-25(21)29)18-9-13-20(14-10-18)32-16-6-4-2/h7-14H,3-6,15-16H2,1-2H3. The van der Waals surface area contributed by atoms with E-state index in [1.165, 1.54) is 35.5 Å². The van der Waals surface area contributed by atoms with Crippen molar-refractivity contribution in [1.29, 1.82) is 0 Å². The fourth-order valence-corrected chi connectivity index (χ4v) is 5.58. The minimum atomic E-state index is -0.387.